The van der Waals surface area contributed by atoms with Crippen molar-refractivity contribution in [2.75, 3.05) is 53.5 Å². The highest BCUT2D eigenvalue weighted by Gasteiger charge is 2.40. The largest absolute Gasteiger partial charge is 0.497 e. The lowest BCUT2D eigenvalue weighted by Crippen LogP contribution is -2.48. The average molecular weight is 332 g/mol. The van der Waals surface area contributed by atoms with Crippen LogP contribution in [0.1, 0.15) is 11.6 Å². The summed E-state index contributed by atoms with van der Waals surface area (Å²) in [6.07, 6.45) is 0.380. The Morgan fingerprint density at radius 2 is 2.08 bits per heavy atom. The Hall–Kier alpha value is -1.18. The third kappa shape index (κ3) is 3.17. The second-order valence-corrected chi connectivity index (χ2v) is 7.21. The number of likely N-dealkylation sites (N-methyl/N-ethyl adjacent to an activating group) is 1. The third-order valence-corrected chi connectivity index (χ3v) is 5.72. The van der Waals surface area contributed by atoms with Gasteiger partial charge in [0, 0.05) is 44.7 Å². The lowest BCUT2D eigenvalue weighted by molar-refractivity contribution is -0.0370. The van der Waals surface area contributed by atoms with E-state index < -0.39 is 0 Å². The van der Waals surface area contributed by atoms with Gasteiger partial charge in [0.15, 0.2) is 0 Å². The smallest absolute Gasteiger partial charge is 0.118 e. The molecule has 6 heteroatoms. The minimum Gasteiger partial charge on any atom is -0.497 e. The highest BCUT2D eigenvalue weighted by atomic mass is 16.5. The van der Waals surface area contributed by atoms with Crippen molar-refractivity contribution in [1.29, 1.82) is 0 Å². The molecule has 6 nitrogen and oxygen atoms in total. The molecule has 0 bridgehead atoms. The summed E-state index contributed by atoms with van der Waals surface area (Å²) in [6.45, 7) is 6.19. The number of methoxy groups -OCH3 is 1. The molecule has 0 amide bonds. The first kappa shape index (κ1) is 16.3. The van der Waals surface area contributed by atoms with Crippen molar-refractivity contribution in [3.63, 3.8) is 0 Å². The lowest BCUT2D eigenvalue weighted by atomic mass is 9.94. The average Bonchev–Trinajstić information content (AvgIpc) is 3.23. The maximum atomic E-state index is 5.98. The molecule has 1 aromatic rings. The van der Waals surface area contributed by atoms with Crippen molar-refractivity contribution >= 4 is 0 Å². The van der Waals surface area contributed by atoms with Gasteiger partial charge >= 0.3 is 0 Å². The molecule has 24 heavy (non-hydrogen) atoms. The third-order valence-electron chi connectivity index (χ3n) is 5.72. The summed E-state index contributed by atoms with van der Waals surface area (Å²) in [7, 11) is 3.93. The van der Waals surface area contributed by atoms with Crippen LogP contribution in [0.4, 0.5) is 0 Å². The van der Waals surface area contributed by atoms with Crippen molar-refractivity contribution in [2.45, 2.75) is 18.2 Å². The maximum Gasteiger partial charge on any atom is 0.118 e. The van der Waals surface area contributed by atoms with Gasteiger partial charge in [0.05, 0.1) is 25.9 Å². The molecule has 3 fully saturated rings. The molecular weight excluding hydrogens is 304 g/mol. The van der Waals surface area contributed by atoms with E-state index in [2.05, 4.69) is 39.8 Å². The van der Waals surface area contributed by atoms with Gasteiger partial charge in [0.2, 0.25) is 0 Å². The summed E-state index contributed by atoms with van der Waals surface area (Å²) in [5.41, 5.74) is 8.11. The van der Waals surface area contributed by atoms with Crippen molar-refractivity contribution in [3.8, 4) is 5.75 Å². The predicted molar refractivity (Wildman–Crippen MR) is 93.0 cm³/mol. The molecule has 1 aromatic carbocycles. The topological polar surface area (TPSA) is 49.0 Å². The van der Waals surface area contributed by atoms with Crippen molar-refractivity contribution in [3.05, 3.63) is 29.8 Å². The van der Waals surface area contributed by atoms with Crippen LogP contribution >= 0.6 is 0 Å². The van der Waals surface area contributed by atoms with E-state index in [4.69, 9.17) is 9.47 Å². The Morgan fingerprint density at radius 3 is 2.83 bits per heavy atom. The van der Waals surface area contributed by atoms with Gasteiger partial charge in [0.1, 0.15) is 5.75 Å². The van der Waals surface area contributed by atoms with Crippen molar-refractivity contribution in [1.82, 2.24) is 20.7 Å². The van der Waals surface area contributed by atoms with E-state index in [0.717, 1.165) is 45.1 Å². The van der Waals surface area contributed by atoms with Gasteiger partial charge in [-0.25, -0.2) is 5.43 Å². The monoisotopic (exact) mass is 332 g/mol. The van der Waals surface area contributed by atoms with Gasteiger partial charge in [-0.3, -0.25) is 15.2 Å². The molecule has 0 aliphatic carbocycles. The van der Waals surface area contributed by atoms with Crippen LogP contribution in [-0.2, 0) is 4.74 Å². The van der Waals surface area contributed by atoms with Gasteiger partial charge in [-0.1, -0.05) is 12.1 Å². The number of nitrogens with zero attached hydrogens (tertiary/aromatic N) is 2. The van der Waals surface area contributed by atoms with Gasteiger partial charge in [-0.05, 0) is 24.7 Å². The van der Waals surface area contributed by atoms with Crippen LogP contribution in [0.2, 0.25) is 0 Å². The van der Waals surface area contributed by atoms with E-state index in [1.54, 1.807) is 7.11 Å². The molecule has 2 N–H and O–H groups in total. The Labute approximate surface area is 144 Å². The Bertz CT molecular complexity index is 552. The number of likely N-dealkylation sites (tertiary alicyclic amines) is 1. The fraction of sp³-hybridized carbons (Fsp3) is 0.667. The second-order valence-electron chi connectivity index (χ2n) is 7.21. The summed E-state index contributed by atoms with van der Waals surface area (Å²) >= 11 is 0. The van der Waals surface area contributed by atoms with Gasteiger partial charge in [-0.2, -0.15) is 0 Å². The summed E-state index contributed by atoms with van der Waals surface area (Å²) in [5.74, 6) is 1.47. The summed E-state index contributed by atoms with van der Waals surface area (Å²) < 4.78 is 11.2. The minimum atomic E-state index is 0.345. The van der Waals surface area contributed by atoms with E-state index >= 15 is 0 Å². The van der Waals surface area contributed by atoms with Gasteiger partial charge in [0.25, 0.3) is 0 Å². The number of ether oxygens (including phenoxy) is 2. The number of hydrogen-bond donors (Lipinski definition) is 2. The van der Waals surface area contributed by atoms with Crippen LogP contribution in [-0.4, -0.2) is 75.4 Å². The predicted octanol–water partition coefficient (Wildman–Crippen LogP) is 0.475. The van der Waals surface area contributed by atoms with Crippen LogP contribution in [0, 0.1) is 5.92 Å². The number of fused-ring (bicyclic) bond motifs is 1. The number of hydrogen-bond acceptors (Lipinski definition) is 6. The molecule has 0 spiro atoms. The van der Waals surface area contributed by atoms with E-state index in [1.165, 1.54) is 5.56 Å². The number of benzene rings is 1. The standard InChI is InChI=1S/C18H28N4O2/c1-21-7-8-24-17-12-22(11-16(17)21)10-14-9-19-20-18(14)13-3-5-15(23-2)6-4-13/h3-6,14,16-20H,7-12H2,1-2H3/t14?,16-,17+,18?/m0/s1. The molecule has 3 heterocycles. The van der Waals surface area contributed by atoms with Gasteiger partial charge in [-0.15, -0.1) is 0 Å². The van der Waals surface area contributed by atoms with E-state index in [1.807, 2.05) is 12.1 Å². The molecule has 3 aliphatic heterocycles. The zero-order valence-electron chi connectivity index (χ0n) is 14.6. The molecule has 0 aromatic heterocycles. The number of hydrazine groups is 1. The Morgan fingerprint density at radius 1 is 1.25 bits per heavy atom. The molecule has 0 saturated carbocycles. The fourth-order valence-electron chi connectivity index (χ4n) is 4.29. The van der Waals surface area contributed by atoms with Crippen molar-refractivity contribution in [2.24, 2.45) is 5.92 Å². The first-order valence-electron chi connectivity index (χ1n) is 8.91. The zero-order valence-corrected chi connectivity index (χ0v) is 14.6. The second kappa shape index (κ2) is 6.98. The van der Waals surface area contributed by atoms with Crippen molar-refractivity contribution < 1.29 is 9.47 Å². The quantitative estimate of drug-likeness (QED) is 0.836. The molecule has 132 valence electrons. The summed E-state index contributed by atoms with van der Waals surface area (Å²) in [5, 5.41) is 0. The van der Waals surface area contributed by atoms with E-state index in [0.29, 0.717) is 24.1 Å². The lowest BCUT2D eigenvalue weighted by Gasteiger charge is -2.33. The first-order valence-corrected chi connectivity index (χ1v) is 8.91. The molecule has 4 rings (SSSR count). The molecule has 2 unspecified atom stereocenters. The van der Waals surface area contributed by atoms with E-state index in [-0.39, 0.29) is 0 Å². The van der Waals surface area contributed by atoms with Crippen LogP contribution in [0.5, 0.6) is 5.75 Å². The summed E-state index contributed by atoms with van der Waals surface area (Å²) in [4.78, 5) is 5.04. The normalized spacial score (nSPS) is 34.4. The first-order chi connectivity index (χ1) is 11.7. The summed E-state index contributed by atoms with van der Waals surface area (Å²) in [6, 6.07) is 9.31. The van der Waals surface area contributed by atoms with E-state index in [9.17, 15) is 0 Å². The SMILES string of the molecule is COc1ccc(C2NNCC2CN2C[C@H]3OCCN(C)[C@H]3C2)cc1. The Kier molecular flexibility index (Phi) is 4.74. The molecule has 3 saturated heterocycles. The van der Waals surface area contributed by atoms with Crippen LogP contribution < -0.4 is 15.6 Å². The minimum absolute atomic E-state index is 0.345. The zero-order chi connectivity index (χ0) is 16.5. The molecule has 3 aliphatic rings. The number of nitrogens with one attached hydrogen (secondary N) is 2. The molecule has 4 atom stereocenters. The highest BCUT2D eigenvalue weighted by Crippen LogP contribution is 2.29. The van der Waals surface area contributed by atoms with Crippen LogP contribution in [0.25, 0.3) is 0 Å². The fourth-order valence-corrected chi connectivity index (χ4v) is 4.29. The maximum absolute atomic E-state index is 5.98. The highest BCUT2D eigenvalue weighted by molar-refractivity contribution is 5.30. The number of rotatable bonds is 4. The number of morpholine rings is 1. The Balaban J connectivity index is 1.40. The van der Waals surface area contributed by atoms with Gasteiger partial charge < -0.3 is 9.47 Å². The molecule has 0 radical (unpaired) electrons. The van der Waals surface area contributed by atoms with Crippen LogP contribution in [0.15, 0.2) is 24.3 Å². The van der Waals surface area contributed by atoms with Crippen LogP contribution in [0.3, 0.4) is 0 Å². The molecular formula is C18H28N4O2.